The molecule has 0 aromatic heterocycles. The normalized spacial score (nSPS) is 23.0. The predicted molar refractivity (Wildman–Crippen MR) is 118 cm³/mol. The molecule has 0 bridgehead atoms. The van der Waals surface area contributed by atoms with Gasteiger partial charge in [-0.05, 0) is 35.1 Å². The number of hydrogen-bond acceptors (Lipinski definition) is 5. The summed E-state index contributed by atoms with van der Waals surface area (Å²) >= 11 is 0. The van der Waals surface area contributed by atoms with E-state index in [9.17, 15) is 23.1 Å². The average molecular weight is 456 g/mol. The van der Waals surface area contributed by atoms with Crippen LogP contribution in [0.1, 0.15) is 29.9 Å². The zero-order valence-electron chi connectivity index (χ0n) is 17.6. The lowest BCUT2D eigenvalue weighted by atomic mass is 9.73. The van der Waals surface area contributed by atoms with Gasteiger partial charge in [-0.2, -0.15) is 0 Å². The highest BCUT2D eigenvalue weighted by atomic mass is 32.2. The van der Waals surface area contributed by atoms with E-state index in [0.29, 0.717) is 0 Å². The van der Waals surface area contributed by atoms with Crippen molar-refractivity contribution < 1.29 is 27.9 Å². The summed E-state index contributed by atoms with van der Waals surface area (Å²) in [5, 5.41) is 9.75. The van der Waals surface area contributed by atoms with Crippen LogP contribution in [0, 0.1) is 11.3 Å². The summed E-state index contributed by atoms with van der Waals surface area (Å²) in [6.45, 7) is 0.435. The molecule has 2 heterocycles. The molecule has 2 aromatic rings. The molecule has 0 radical (unpaired) electrons. The van der Waals surface area contributed by atoms with Gasteiger partial charge in [0.25, 0.3) is 0 Å². The standard InChI is InChI=1S/C24H25NO6S/c26-22(27)21-13-25(15-24(21)9-11-32(29,30)12-10-24)23(28)31-14-20-18-7-3-1-5-16(18)17-6-2-4-8-19(17)20/h1-8,20-21H,9-15H2,(H,26,27). The lowest BCUT2D eigenvalue weighted by Gasteiger charge is -2.35. The van der Waals surface area contributed by atoms with Crippen molar-refractivity contribution in [3.63, 3.8) is 0 Å². The third kappa shape index (κ3) is 3.46. The van der Waals surface area contributed by atoms with E-state index in [4.69, 9.17) is 4.74 Å². The summed E-state index contributed by atoms with van der Waals surface area (Å²) in [5.41, 5.74) is 3.79. The fraction of sp³-hybridized carbons (Fsp3) is 0.417. The van der Waals surface area contributed by atoms with Gasteiger partial charge in [0.2, 0.25) is 0 Å². The first-order chi connectivity index (χ1) is 15.3. The highest BCUT2D eigenvalue weighted by molar-refractivity contribution is 7.91. The Morgan fingerprint density at radius 1 is 1.00 bits per heavy atom. The van der Waals surface area contributed by atoms with E-state index in [1.807, 2.05) is 36.4 Å². The van der Waals surface area contributed by atoms with Crippen molar-refractivity contribution in [1.82, 2.24) is 4.90 Å². The lowest BCUT2D eigenvalue weighted by Crippen LogP contribution is -2.42. The molecule has 2 fully saturated rings. The summed E-state index contributed by atoms with van der Waals surface area (Å²) in [6, 6.07) is 16.1. The van der Waals surface area contributed by atoms with E-state index in [2.05, 4.69) is 12.1 Å². The van der Waals surface area contributed by atoms with Crippen molar-refractivity contribution >= 4 is 21.9 Å². The molecule has 5 rings (SSSR count). The molecular formula is C24H25NO6S. The van der Waals surface area contributed by atoms with Crippen molar-refractivity contribution in [3.8, 4) is 11.1 Å². The molecule has 1 unspecified atom stereocenters. The number of carboxylic acids is 1. The zero-order chi connectivity index (χ0) is 22.5. The Morgan fingerprint density at radius 2 is 1.56 bits per heavy atom. The number of carboxylic acid groups (broad SMARTS) is 1. The molecule has 1 N–H and O–H groups in total. The number of hydrogen-bond donors (Lipinski definition) is 1. The molecule has 1 spiro atoms. The predicted octanol–water partition coefficient (Wildman–Crippen LogP) is 3.15. The SMILES string of the molecule is O=C(O)C1CN(C(=O)OCC2c3ccccc3-c3ccccc32)CC12CCS(=O)(=O)CC2. The molecule has 8 heteroatoms. The maximum Gasteiger partial charge on any atom is 0.409 e. The van der Waals surface area contributed by atoms with Gasteiger partial charge in [0, 0.05) is 24.4 Å². The van der Waals surface area contributed by atoms with Crippen LogP contribution in [-0.4, -0.2) is 61.7 Å². The number of aliphatic carboxylic acids is 1. The summed E-state index contributed by atoms with van der Waals surface area (Å²) < 4.78 is 29.5. The molecule has 3 aliphatic rings. The molecule has 2 aromatic carbocycles. The van der Waals surface area contributed by atoms with Crippen LogP contribution in [-0.2, 0) is 19.4 Å². The quantitative estimate of drug-likeness (QED) is 0.763. The second-order valence-corrected chi connectivity index (χ2v) is 11.4. The zero-order valence-corrected chi connectivity index (χ0v) is 18.4. The molecule has 2 saturated heterocycles. The first kappa shape index (κ1) is 21.0. The lowest BCUT2D eigenvalue weighted by molar-refractivity contribution is -0.145. The van der Waals surface area contributed by atoms with Crippen molar-refractivity contribution in [1.29, 1.82) is 0 Å². The van der Waals surface area contributed by atoms with Crippen LogP contribution in [0.2, 0.25) is 0 Å². The third-order valence-corrected chi connectivity index (χ3v) is 9.01. The Morgan fingerprint density at radius 3 is 2.12 bits per heavy atom. The van der Waals surface area contributed by atoms with Gasteiger partial charge in [-0.1, -0.05) is 48.5 Å². The molecule has 168 valence electrons. The maximum absolute atomic E-state index is 12.9. The summed E-state index contributed by atoms with van der Waals surface area (Å²) in [4.78, 5) is 26.3. The smallest absolute Gasteiger partial charge is 0.409 e. The van der Waals surface area contributed by atoms with Crippen LogP contribution < -0.4 is 0 Å². The minimum atomic E-state index is -3.14. The van der Waals surface area contributed by atoms with Gasteiger partial charge in [0.15, 0.2) is 0 Å². The largest absolute Gasteiger partial charge is 0.481 e. The van der Waals surface area contributed by atoms with E-state index in [1.54, 1.807) is 0 Å². The van der Waals surface area contributed by atoms with E-state index in [0.717, 1.165) is 22.3 Å². The Labute approximate surface area is 186 Å². The Bertz CT molecular complexity index is 1130. The van der Waals surface area contributed by atoms with Gasteiger partial charge in [0.05, 0.1) is 17.4 Å². The van der Waals surface area contributed by atoms with Crippen LogP contribution >= 0.6 is 0 Å². The molecular weight excluding hydrogens is 430 g/mol. The second kappa shape index (κ2) is 7.62. The van der Waals surface area contributed by atoms with Crippen LogP contribution in [0.25, 0.3) is 11.1 Å². The van der Waals surface area contributed by atoms with Crippen molar-refractivity contribution in [2.24, 2.45) is 11.3 Å². The molecule has 1 atom stereocenters. The number of benzene rings is 2. The van der Waals surface area contributed by atoms with Gasteiger partial charge in [0.1, 0.15) is 16.4 Å². The van der Waals surface area contributed by atoms with E-state index < -0.39 is 33.2 Å². The molecule has 0 saturated carbocycles. The van der Waals surface area contributed by atoms with Gasteiger partial charge in [-0.15, -0.1) is 0 Å². The molecule has 1 aliphatic carbocycles. The Hall–Kier alpha value is -2.87. The van der Waals surface area contributed by atoms with Gasteiger partial charge >= 0.3 is 12.1 Å². The maximum atomic E-state index is 12.9. The monoisotopic (exact) mass is 455 g/mol. The number of rotatable bonds is 3. The van der Waals surface area contributed by atoms with Crippen LogP contribution in [0.4, 0.5) is 4.79 Å². The summed E-state index contributed by atoms with van der Waals surface area (Å²) in [5.74, 6) is -1.90. The van der Waals surface area contributed by atoms with Gasteiger partial charge in [-0.3, -0.25) is 4.79 Å². The number of likely N-dealkylation sites (tertiary alicyclic amines) is 1. The van der Waals surface area contributed by atoms with Gasteiger partial charge < -0.3 is 14.7 Å². The van der Waals surface area contributed by atoms with E-state index >= 15 is 0 Å². The van der Waals surface area contributed by atoms with Crippen LogP contribution in [0.5, 0.6) is 0 Å². The average Bonchev–Trinajstić information content (AvgIpc) is 3.31. The minimum Gasteiger partial charge on any atom is -0.481 e. The minimum absolute atomic E-state index is 0.0324. The number of carbonyl (C=O) groups is 2. The second-order valence-electron chi connectivity index (χ2n) is 9.09. The third-order valence-electron chi connectivity index (χ3n) is 7.36. The number of nitrogens with zero attached hydrogens (tertiary/aromatic N) is 1. The number of carbonyl (C=O) groups excluding carboxylic acids is 1. The topological polar surface area (TPSA) is 101 Å². The van der Waals surface area contributed by atoms with Crippen LogP contribution in [0.15, 0.2) is 48.5 Å². The van der Waals surface area contributed by atoms with Crippen LogP contribution in [0.3, 0.4) is 0 Å². The highest BCUT2D eigenvalue weighted by Gasteiger charge is 2.54. The Kier molecular flexibility index (Phi) is 5.00. The number of amides is 1. The van der Waals surface area contributed by atoms with E-state index in [1.165, 1.54) is 4.90 Å². The van der Waals surface area contributed by atoms with Crippen molar-refractivity contribution in [2.45, 2.75) is 18.8 Å². The first-order valence-electron chi connectivity index (χ1n) is 10.8. The van der Waals surface area contributed by atoms with Crippen molar-refractivity contribution in [2.75, 3.05) is 31.2 Å². The summed E-state index contributed by atoms with van der Waals surface area (Å²) in [6.07, 6.45) is -0.0118. The Balaban J connectivity index is 1.32. The van der Waals surface area contributed by atoms with Crippen molar-refractivity contribution in [3.05, 3.63) is 59.7 Å². The summed E-state index contributed by atoms with van der Waals surface area (Å²) in [7, 11) is -3.14. The molecule has 32 heavy (non-hydrogen) atoms. The number of fused-ring (bicyclic) bond motifs is 3. The fourth-order valence-corrected chi connectivity index (χ4v) is 7.22. The molecule has 1 amide bonds. The van der Waals surface area contributed by atoms with E-state index in [-0.39, 0.29) is 50.0 Å². The number of sulfone groups is 1. The fourth-order valence-electron chi connectivity index (χ4n) is 5.58. The highest BCUT2D eigenvalue weighted by Crippen LogP contribution is 2.47. The van der Waals surface area contributed by atoms with Gasteiger partial charge in [-0.25, -0.2) is 13.2 Å². The molecule has 7 nitrogen and oxygen atoms in total. The molecule has 2 aliphatic heterocycles. The first-order valence-corrected chi connectivity index (χ1v) is 12.6. The number of ether oxygens (including phenoxy) is 1.